The van der Waals surface area contributed by atoms with Crippen LogP contribution in [-0.2, 0) is 26.8 Å². The standard InChI is InChI=1S/C26H33N5O4/c1-16-3-5-17(6-4-16)22(30-23(32)18-7-10-31(2)15-18)24(33)29-21-13-20-19(14-27-21)26(25(34)28-20)8-11-35-12-9-26/h7,10,13-17,22H,3-6,8-9,11-12H2,1-2H3,(H,28,34)(H,30,32)(H,27,29,33). The Balaban J connectivity index is 1.34. The first-order chi connectivity index (χ1) is 16.9. The highest BCUT2D eigenvalue weighted by Crippen LogP contribution is 2.44. The molecule has 3 N–H and O–H groups in total. The van der Waals surface area contributed by atoms with Crippen LogP contribution in [0.4, 0.5) is 11.5 Å². The average molecular weight is 480 g/mol. The summed E-state index contributed by atoms with van der Waals surface area (Å²) in [5.74, 6) is 0.455. The lowest BCUT2D eigenvalue weighted by Gasteiger charge is -2.32. The van der Waals surface area contributed by atoms with E-state index in [-0.39, 0.29) is 23.6 Å². The van der Waals surface area contributed by atoms with E-state index in [1.165, 1.54) is 0 Å². The van der Waals surface area contributed by atoms with Crippen LogP contribution < -0.4 is 16.0 Å². The van der Waals surface area contributed by atoms with Gasteiger partial charge in [-0.15, -0.1) is 0 Å². The summed E-state index contributed by atoms with van der Waals surface area (Å²) in [5.41, 5.74) is 1.46. The fourth-order valence-corrected chi connectivity index (χ4v) is 5.67. The molecule has 0 aromatic carbocycles. The molecule has 1 saturated heterocycles. The van der Waals surface area contributed by atoms with Gasteiger partial charge in [-0.1, -0.05) is 19.8 Å². The van der Waals surface area contributed by atoms with E-state index in [1.54, 1.807) is 35.3 Å². The van der Waals surface area contributed by atoms with Crippen molar-refractivity contribution in [2.45, 2.75) is 56.9 Å². The molecule has 1 aliphatic carbocycles. The van der Waals surface area contributed by atoms with E-state index >= 15 is 0 Å². The van der Waals surface area contributed by atoms with Crippen LogP contribution in [-0.4, -0.2) is 46.5 Å². The first kappa shape index (κ1) is 23.5. The number of fused-ring (bicyclic) bond motifs is 2. The highest BCUT2D eigenvalue weighted by molar-refractivity contribution is 6.07. The van der Waals surface area contributed by atoms with E-state index < -0.39 is 11.5 Å². The van der Waals surface area contributed by atoms with E-state index in [0.29, 0.717) is 49.0 Å². The molecule has 3 aliphatic rings. The molecule has 1 atom stereocenters. The Hall–Kier alpha value is -3.20. The van der Waals surface area contributed by atoms with Crippen LogP contribution in [0.2, 0.25) is 0 Å². The minimum Gasteiger partial charge on any atom is -0.381 e. The zero-order chi connectivity index (χ0) is 24.6. The van der Waals surface area contributed by atoms with Gasteiger partial charge >= 0.3 is 0 Å². The molecule has 2 aliphatic heterocycles. The lowest BCUT2D eigenvalue weighted by Crippen LogP contribution is -2.49. The van der Waals surface area contributed by atoms with Gasteiger partial charge in [-0.3, -0.25) is 14.4 Å². The maximum absolute atomic E-state index is 13.5. The number of nitrogens with one attached hydrogen (secondary N) is 3. The number of amides is 3. The van der Waals surface area contributed by atoms with Crippen LogP contribution in [0.1, 0.15) is 61.4 Å². The third-order valence-corrected chi connectivity index (χ3v) is 7.90. The minimum atomic E-state index is -0.665. The minimum absolute atomic E-state index is 0.0367. The van der Waals surface area contributed by atoms with Crippen molar-refractivity contribution in [3.05, 3.63) is 41.9 Å². The predicted octanol–water partition coefficient (Wildman–Crippen LogP) is 2.98. The number of nitrogens with zero attached hydrogens (tertiary/aromatic N) is 2. The molecule has 1 spiro atoms. The zero-order valence-electron chi connectivity index (χ0n) is 20.3. The lowest BCUT2D eigenvalue weighted by molar-refractivity contribution is -0.124. The maximum atomic E-state index is 13.5. The molecule has 2 aromatic rings. The van der Waals surface area contributed by atoms with Gasteiger partial charge in [0.15, 0.2) is 0 Å². The van der Waals surface area contributed by atoms with Crippen molar-refractivity contribution in [3.63, 3.8) is 0 Å². The number of aromatic nitrogens is 2. The van der Waals surface area contributed by atoms with Crippen LogP contribution >= 0.6 is 0 Å². The highest BCUT2D eigenvalue weighted by atomic mass is 16.5. The van der Waals surface area contributed by atoms with Crippen LogP contribution in [0.25, 0.3) is 0 Å². The van der Waals surface area contributed by atoms with Gasteiger partial charge in [-0.25, -0.2) is 4.98 Å². The molecule has 5 rings (SSSR count). The second-order valence-electron chi connectivity index (χ2n) is 10.3. The summed E-state index contributed by atoms with van der Waals surface area (Å²) in [4.78, 5) is 43.6. The highest BCUT2D eigenvalue weighted by Gasteiger charge is 2.48. The van der Waals surface area contributed by atoms with Crippen molar-refractivity contribution >= 4 is 29.2 Å². The van der Waals surface area contributed by atoms with Crippen LogP contribution in [0.5, 0.6) is 0 Å². The molecule has 9 nitrogen and oxygen atoms in total. The maximum Gasteiger partial charge on any atom is 0.253 e. The number of pyridine rings is 1. The first-order valence-electron chi connectivity index (χ1n) is 12.5. The van der Waals surface area contributed by atoms with E-state index in [2.05, 4.69) is 27.9 Å². The van der Waals surface area contributed by atoms with Gasteiger partial charge < -0.3 is 25.3 Å². The third kappa shape index (κ3) is 4.57. The van der Waals surface area contributed by atoms with E-state index in [4.69, 9.17) is 4.74 Å². The van der Waals surface area contributed by atoms with Crippen molar-refractivity contribution in [2.75, 3.05) is 23.8 Å². The van der Waals surface area contributed by atoms with E-state index in [1.807, 2.05) is 7.05 Å². The van der Waals surface area contributed by atoms with Gasteiger partial charge in [0.25, 0.3) is 5.91 Å². The number of hydrogen-bond donors (Lipinski definition) is 3. The number of anilines is 2. The summed E-state index contributed by atoms with van der Waals surface area (Å²) in [6.45, 7) is 3.30. The second-order valence-corrected chi connectivity index (χ2v) is 10.3. The fraction of sp³-hybridized carbons (Fsp3) is 0.538. The molecule has 186 valence electrons. The number of carbonyl (C=O) groups excluding carboxylic acids is 3. The summed E-state index contributed by atoms with van der Waals surface area (Å²) in [5, 5.41) is 8.85. The summed E-state index contributed by atoms with van der Waals surface area (Å²) in [6.07, 6.45) is 10.3. The van der Waals surface area contributed by atoms with Crippen molar-refractivity contribution in [3.8, 4) is 0 Å². The molecule has 1 saturated carbocycles. The van der Waals surface area contributed by atoms with Crippen molar-refractivity contribution in [2.24, 2.45) is 18.9 Å². The molecule has 9 heteroatoms. The lowest BCUT2D eigenvalue weighted by atomic mass is 9.76. The molecule has 35 heavy (non-hydrogen) atoms. The molecule has 0 radical (unpaired) electrons. The van der Waals surface area contributed by atoms with Gasteiger partial charge in [0, 0.05) is 50.5 Å². The molecule has 2 fully saturated rings. The number of hydrogen-bond acceptors (Lipinski definition) is 5. The molecule has 0 bridgehead atoms. The second kappa shape index (κ2) is 9.45. The molecule has 2 aromatic heterocycles. The van der Waals surface area contributed by atoms with Crippen molar-refractivity contribution < 1.29 is 19.1 Å². The Morgan fingerprint density at radius 1 is 1.23 bits per heavy atom. The average Bonchev–Trinajstić information content (AvgIpc) is 3.39. The summed E-state index contributed by atoms with van der Waals surface area (Å²) in [6, 6.07) is 2.79. The van der Waals surface area contributed by atoms with E-state index in [0.717, 1.165) is 31.2 Å². The Morgan fingerprint density at radius 2 is 1.97 bits per heavy atom. The zero-order valence-corrected chi connectivity index (χ0v) is 20.3. The summed E-state index contributed by atoms with van der Waals surface area (Å²) < 4.78 is 7.26. The van der Waals surface area contributed by atoms with E-state index in [9.17, 15) is 14.4 Å². The third-order valence-electron chi connectivity index (χ3n) is 7.90. The summed E-state index contributed by atoms with van der Waals surface area (Å²) >= 11 is 0. The smallest absolute Gasteiger partial charge is 0.253 e. The van der Waals surface area contributed by atoms with Crippen LogP contribution in [0.3, 0.4) is 0 Å². The van der Waals surface area contributed by atoms with Crippen molar-refractivity contribution in [1.29, 1.82) is 0 Å². The first-order valence-corrected chi connectivity index (χ1v) is 12.5. The summed E-state index contributed by atoms with van der Waals surface area (Å²) in [7, 11) is 1.85. The quantitative estimate of drug-likeness (QED) is 0.610. The Kier molecular flexibility index (Phi) is 6.35. The number of ether oxygens (including phenoxy) is 1. The molecule has 1 unspecified atom stereocenters. The van der Waals surface area contributed by atoms with Crippen LogP contribution in [0, 0.1) is 11.8 Å². The van der Waals surface area contributed by atoms with Gasteiger partial charge in [0.1, 0.15) is 11.9 Å². The van der Waals surface area contributed by atoms with Gasteiger partial charge in [0.2, 0.25) is 11.8 Å². The predicted molar refractivity (Wildman–Crippen MR) is 131 cm³/mol. The molecular weight excluding hydrogens is 446 g/mol. The largest absolute Gasteiger partial charge is 0.381 e. The Morgan fingerprint density at radius 3 is 2.66 bits per heavy atom. The normalized spacial score (nSPS) is 23.9. The number of carbonyl (C=O) groups is 3. The molecule has 4 heterocycles. The Labute approximate surface area is 205 Å². The van der Waals surface area contributed by atoms with Gasteiger partial charge in [0.05, 0.1) is 16.7 Å². The van der Waals surface area contributed by atoms with Gasteiger partial charge in [-0.2, -0.15) is 0 Å². The molecular formula is C26H33N5O4. The van der Waals surface area contributed by atoms with Crippen LogP contribution in [0.15, 0.2) is 30.7 Å². The topological polar surface area (TPSA) is 114 Å². The molecule has 3 amide bonds. The number of rotatable bonds is 5. The SMILES string of the molecule is CC1CCC(C(NC(=O)c2ccn(C)c2)C(=O)Nc2cc3c(cn2)C2(CCOCC2)C(=O)N3)CC1. The Bertz CT molecular complexity index is 1130. The number of aryl methyl sites for hydroxylation is 1. The van der Waals surface area contributed by atoms with Crippen molar-refractivity contribution in [1.82, 2.24) is 14.9 Å². The fourth-order valence-electron chi connectivity index (χ4n) is 5.67. The monoisotopic (exact) mass is 479 g/mol. The van der Waals surface area contributed by atoms with Gasteiger partial charge in [-0.05, 0) is 43.6 Å².